The van der Waals surface area contributed by atoms with Crippen molar-refractivity contribution in [3.63, 3.8) is 0 Å². The highest BCUT2D eigenvalue weighted by molar-refractivity contribution is 5.94. The molecule has 6 heteroatoms. The van der Waals surface area contributed by atoms with Gasteiger partial charge in [-0.25, -0.2) is 4.79 Å². The summed E-state index contributed by atoms with van der Waals surface area (Å²) in [7, 11) is 2.95. The number of nitrogens with one attached hydrogen (secondary N) is 1. The van der Waals surface area contributed by atoms with E-state index in [1.54, 1.807) is 19.2 Å². The van der Waals surface area contributed by atoms with Crippen molar-refractivity contribution in [1.82, 2.24) is 4.57 Å². The van der Waals surface area contributed by atoms with E-state index in [0.717, 1.165) is 35.0 Å². The standard InChI is InChI=1S/C25H28N2O4/c1-30-23-14-19(25(29)31-2)7-8-20(23)16-27-12-11-18-9-10-21(15-22(18)27)26-24(28)13-17-5-3-4-6-17/h7-12,14-15,17H,3-6,13,16H2,1-2H3,(H,26,28). The Morgan fingerprint density at radius 2 is 1.87 bits per heavy atom. The highest BCUT2D eigenvalue weighted by Crippen LogP contribution is 2.29. The molecule has 1 aliphatic carbocycles. The van der Waals surface area contributed by atoms with Crippen LogP contribution < -0.4 is 10.1 Å². The van der Waals surface area contributed by atoms with Gasteiger partial charge < -0.3 is 19.4 Å². The van der Waals surface area contributed by atoms with Crippen LogP contribution in [0.1, 0.15) is 48.0 Å². The summed E-state index contributed by atoms with van der Waals surface area (Å²) in [5, 5.41) is 4.16. The number of amides is 1. The lowest BCUT2D eigenvalue weighted by atomic mass is 10.0. The van der Waals surface area contributed by atoms with Gasteiger partial charge in [-0.1, -0.05) is 25.0 Å². The average Bonchev–Trinajstić information content (AvgIpc) is 3.43. The molecule has 1 aliphatic rings. The summed E-state index contributed by atoms with van der Waals surface area (Å²) in [6, 6.07) is 13.3. The molecule has 0 unspecified atom stereocenters. The number of aromatic nitrogens is 1. The maximum atomic E-state index is 12.4. The molecule has 1 amide bonds. The van der Waals surface area contributed by atoms with Gasteiger partial charge in [0.1, 0.15) is 5.75 Å². The van der Waals surface area contributed by atoms with Gasteiger partial charge in [-0.2, -0.15) is 0 Å². The number of benzene rings is 2. The first-order chi connectivity index (χ1) is 15.1. The topological polar surface area (TPSA) is 69.6 Å². The number of hydrogen-bond acceptors (Lipinski definition) is 4. The molecule has 0 saturated heterocycles. The molecular formula is C25H28N2O4. The summed E-state index contributed by atoms with van der Waals surface area (Å²) < 4.78 is 12.4. The zero-order valence-corrected chi connectivity index (χ0v) is 18.0. The highest BCUT2D eigenvalue weighted by atomic mass is 16.5. The third kappa shape index (κ3) is 4.74. The maximum Gasteiger partial charge on any atom is 0.337 e. The minimum Gasteiger partial charge on any atom is -0.496 e. The number of esters is 1. The van der Waals surface area contributed by atoms with E-state index in [2.05, 4.69) is 16.0 Å². The summed E-state index contributed by atoms with van der Waals surface area (Å²) in [4.78, 5) is 24.2. The SMILES string of the molecule is COC(=O)c1ccc(Cn2ccc3ccc(NC(=O)CC4CCCC4)cc32)c(OC)c1. The summed E-state index contributed by atoms with van der Waals surface area (Å²) in [5.41, 5.74) is 3.23. The van der Waals surface area contributed by atoms with Crippen LogP contribution in [0.4, 0.5) is 5.69 Å². The van der Waals surface area contributed by atoms with Gasteiger partial charge in [0.2, 0.25) is 5.91 Å². The molecule has 1 heterocycles. The minimum atomic E-state index is -0.394. The second kappa shape index (κ2) is 9.25. The van der Waals surface area contributed by atoms with Gasteiger partial charge in [0.25, 0.3) is 0 Å². The van der Waals surface area contributed by atoms with E-state index >= 15 is 0 Å². The Morgan fingerprint density at radius 3 is 2.61 bits per heavy atom. The average molecular weight is 421 g/mol. The van der Waals surface area contributed by atoms with Crippen LogP contribution in [-0.4, -0.2) is 30.7 Å². The Labute approximate surface area is 182 Å². The van der Waals surface area contributed by atoms with E-state index < -0.39 is 5.97 Å². The third-order valence-corrected chi connectivity index (χ3v) is 6.06. The molecule has 0 bridgehead atoms. The van der Waals surface area contributed by atoms with Crippen molar-refractivity contribution in [2.45, 2.75) is 38.6 Å². The fourth-order valence-corrected chi connectivity index (χ4v) is 4.39. The molecule has 1 saturated carbocycles. The number of anilines is 1. The first-order valence-electron chi connectivity index (χ1n) is 10.7. The van der Waals surface area contributed by atoms with Crippen LogP contribution in [-0.2, 0) is 16.1 Å². The smallest absolute Gasteiger partial charge is 0.337 e. The molecule has 1 aromatic heterocycles. The van der Waals surface area contributed by atoms with Gasteiger partial charge in [-0.05, 0) is 54.5 Å². The van der Waals surface area contributed by atoms with Gasteiger partial charge in [-0.15, -0.1) is 0 Å². The van der Waals surface area contributed by atoms with E-state index in [0.29, 0.717) is 30.2 Å². The van der Waals surface area contributed by atoms with Crippen LogP contribution in [0.5, 0.6) is 5.75 Å². The number of carbonyl (C=O) groups excluding carboxylic acids is 2. The fourth-order valence-electron chi connectivity index (χ4n) is 4.39. The van der Waals surface area contributed by atoms with Crippen molar-refractivity contribution in [1.29, 1.82) is 0 Å². The monoisotopic (exact) mass is 420 g/mol. The maximum absolute atomic E-state index is 12.4. The summed E-state index contributed by atoms with van der Waals surface area (Å²) in [6.45, 7) is 0.577. The first-order valence-corrected chi connectivity index (χ1v) is 10.7. The van der Waals surface area contributed by atoms with E-state index in [4.69, 9.17) is 9.47 Å². The van der Waals surface area contributed by atoms with Crippen LogP contribution >= 0.6 is 0 Å². The predicted octanol–water partition coefficient (Wildman–Crippen LogP) is 5.00. The van der Waals surface area contributed by atoms with E-state index in [-0.39, 0.29) is 5.91 Å². The first kappa shape index (κ1) is 21.0. The molecule has 162 valence electrons. The lowest BCUT2D eigenvalue weighted by molar-refractivity contribution is -0.117. The summed E-state index contributed by atoms with van der Waals surface area (Å²) >= 11 is 0. The van der Waals surface area contributed by atoms with Crippen molar-refractivity contribution < 1.29 is 19.1 Å². The Kier molecular flexibility index (Phi) is 6.26. The zero-order chi connectivity index (χ0) is 21.8. The van der Waals surface area contributed by atoms with Crippen LogP contribution in [0.3, 0.4) is 0 Å². The molecule has 0 spiro atoms. The molecule has 0 atom stereocenters. The molecule has 1 fully saturated rings. The van der Waals surface area contributed by atoms with Crippen molar-refractivity contribution in [2.24, 2.45) is 5.92 Å². The Morgan fingerprint density at radius 1 is 1.06 bits per heavy atom. The van der Waals surface area contributed by atoms with Crippen LogP contribution in [0.25, 0.3) is 10.9 Å². The number of nitrogens with zero attached hydrogens (tertiary/aromatic N) is 1. The molecule has 4 rings (SSSR count). The van der Waals surface area contributed by atoms with Crippen LogP contribution in [0, 0.1) is 5.92 Å². The van der Waals surface area contributed by atoms with Crippen molar-refractivity contribution in [3.05, 3.63) is 59.8 Å². The zero-order valence-electron chi connectivity index (χ0n) is 18.0. The number of hydrogen-bond donors (Lipinski definition) is 1. The quantitative estimate of drug-likeness (QED) is 0.546. The van der Waals surface area contributed by atoms with Gasteiger partial charge in [-0.3, -0.25) is 4.79 Å². The Hall–Kier alpha value is -3.28. The van der Waals surface area contributed by atoms with E-state index in [1.165, 1.54) is 20.0 Å². The van der Waals surface area contributed by atoms with Crippen LogP contribution in [0.15, 0.2) is 48.7 Å². The van der Waals surface area contributed by atoms with Gasteiger partial charge in [0.05, 0.1) is 31.8 Å². The molecule has 1 N–H and O–H groups in total. The summed E-state index contributed by atoms with van der Waals surface area (Å²) in [6.07, 6.45) is 7.41. The normalized spacial score (nSPS) is 14.0. The van der Waals surface area contributed by atoms with Gasteiger partial charge in [0, 0.05) is 23.9 Å². The summed E-state index contributed by atoms with van der Waals surface area (Å²) in [5.74, 6) is 0.845. The third-order valence-electron chi connectivity index (χ3n) is 6.06. The number of fused-ring (bicyclic) bond motifs is 1. The second-order valence-electron chi connectivity index (χ2n) is 8.14. The number of methoxy groups -OCH3 is 2. The molecule has 2 aromatic carbocycles. The largest absolute Gasteiger partial charge is 0.496 e. The number of rotatable bonds is 7. The van der Waals surface area contributed by atoms with Gasteiger partial charge in [0.15, 0.2) is 0 Å². The fraction of sp³-hybridized carbons (Fsp3) is 0.360. The lowest BCUT2D eigenvalue weighted by Crippen LogP contribution is -2.15. The van der Waals surface area contributed by atoms with Gasteiger partial charge >= 0.3 is 5.97 Å². The van der Waals surface area contributed by atoms with E-state index in [1.807, 2.05) is 30.5 Å². The molecule has 6 nitrogen and oxygen atoms in total. The van der Waals surface area contributed by atoms with Crippen molar-refractivity contribution in [2.75, 3.05) is 19.5 Å². The van der Waals surface area contributed by atoms with Crippen molar-refractivity contribution in [3.8, 4) is 5.75 Å². The highest BCUT2D eigenvalue weighted by Gasteiger charge is 2.18. The lowest BCUT2D eigenvalue weighted by Gasteiger charge is -2.13. The van der Waals surface area contributed by atoms with Crippen LogP contribution in [0.2, 0.25) is 0 Å². The second-order valence-corrected chi connectivity index (χ2v) is 8.14. The number of ether oxygens (including phenoxy) is 2. The minimum absolute atomic E-state index is 0.0874. The predicted molar refractivity (Wildman–Crippen MR) is 121 cm³/mol. The van der Waals surface area contributed by atoms with Crippen molar-refractivity contribution >= 4 is 28.5 Å². The molecule has 3 aromatic rings. The molecule has 0 radical (unpaired) electrons. The Balaban J connectivity index is 1.54. The molecular weight excluding hydrogens is 392 g/mol. The number of carbonyl (C=O) groups is 2. The molecule has 0 aliphatic heterocycles. The molecule has 31 heavy (non-hydrogen) atoms. The van der Waals surface area contributed by atoms with E-state index in [9.17, 15) is 9.59 Å². The Bertz CT molecular complexity index is 1100.